The van der Waals surface area contributed by atoms with E-state index in [-0.39, 0.29) is 33.0 Å². The van der Waals surface area contributed by atoms with Gasteiger partial charge in [0.2, 0.25) is 5.75 Å². The monoisotopic (exact) mass is 683 g/mol. The molecule has 1 heterocycles. The van der Waals surface area contributed by atoms with Gasteiger partial charge in [0, 0.05) is 48.9 Å². The standard InChI is InChI=1S/C34H45N5O5.BrH/c1-4-22-44-32-30(42-2)23-26(24-31(32)43-3)15-20-36-33(37-21-16-28-10-6-9-19-35-28)38-25-34(17-7-5-8-18-34)27-11-13-29(14-12-27)39(40)41;/h6,9-14,19,23-24H,4-5,7-8,15-18,20-22,25H2,1-3H3,(H2,36,37,38);1H. The second-order valence-electron chi connectivity index (χ2n) is 11.2. The number of aromatic nitrogens is 1. The summed E-state index contributed by atoms with van der Waals surface area (Å²) in [5.41, 5.74) is 3.14. The summed E-state index contributed by atoms with van der Waals surface area (Å²) < 4.78 is 17.1. The second kappa shape index (κ2) is 18.2. The van der Waals surface area contributed by atoms with Gasteiger partial charge in [-0.1, -0.05) is 44.4 Å². The SMILES string of the molecule is Br.CCCOc1c(OC)cc(CCNC(=NCC2(c3ccc([N+](=O)[O-])cc3)CCCCC2)NCCc2ccccn2)cc1OC. The minimum atomic E-state index is -0.347. The number of pyridine rings is 1. The number of halogens is 1. The average Bonchev–Trinajstić information content (AvgIpc) is 3.06. The topological polar surface area (TPSA) is 120 Å². The molecule has 0 radical (unpaired) electrons. The Morgan fingerprint density at radius 3 is 2.22 bits per heavy atom. The van der Waals surface area contributed by atoms with E-state index in [1.54, 1.807) is 32.5 Å². The van der Waals surface area contributed by atoms with Crippen LogP contribution in [-0.4, -0.2) is 56.3 Å². The predicted molar refractivity (Wildman–Crippen MR) is 183 cm³/mol. The zero-order chi connectivity index (χ0) is 31.2. The van der Waals surface area contributed by atoms with Crippen molar-refractivity contribution in [1.29, 1.82) is 0 Å². The second-order valence-corrected chi connectivity index (χ2v) is 11.2. The summed E-state index contributed by atoms with van der Waals surface area (Å²) in [6.45, 7) is 4.55. The summed E-state index contributed by atoms with van der Waals surface area (Å²) in [7, 11) is 3.27. The molecule has 244 valence electrons. The van der Waals surface area contributed by atoms with E-state index >= 15 is 0 Å². The highest BCUT2D eigenvalue weighted by Crippen LogP contribution is 2.41. The third-order valence-corrected chi connectivity index (χ3v) is 8.12. The van der Waals surface area contributed by atoms with E-state index in [9.17, 15) is 10.1 Å². The maximum atomic E-state index is 11.3. The molecule has 0 unspecified atom stereocenters. The van der Waals surface area contributed by atoms with Gasteiger partial charge >= 0.3 is 0 Å². The van der Waals surface area contributed by atoms with Crippen LogP contribution in [0.5, 0.6) is 17.2 Å². The molecule has 11 heteroatoms. The number of nitrogens with one attached hydrogen (secondary N) is 2. The highest BCUT2D eigenvalue weighted by Gasteiger charge is 2.34. The molecular weight excluding hydrogens is 638 g/mol. The van der Waals surface area contributed by atoms with Gasteiger partial charge in [-0.05, 0) is 61.1 Å². The third kappa shape index (κ3) is 10.1. The van der Waals surface area contributed by atoms with Crippen LogP contribution < -0.4 is 24.8 Å². The number of non-ortho nitro benzene ring substituents is 1. The maximum Gasteiger partial charge on any atom is 0.269 e. The van der Waals surface area contributed by atoms with Crippen molar-refractivity contribution in [2.45, 2.75) is 63.7 Å². The van der Waals surface area contributed by atoms with Gasteiger partial charge in [-0.25, -0.2) is 0 Å². The van der Waals surface area contributed by atoms with Crippen LogP contribution in [-0.2, 0) is 18.3 Å². The lowest BCUT2D eigenvalue weighted by molar-refractivity contribution is -0.384. The van der Waals surface area contributed by atoms with Gasteiger partial charge in [-0.15, -0.1) is 17.0 Å². The molecule has 45 heavy (non-hydrogen) atoms. The zero-order valence-electron chi connectivity index (χ0n) is 26.5. The summed E-state index contributed by atoms with van der Waals surface area (Å²) >= 11 is 0. The largest absolute Gasteiger partial charge is 0.493 e. The van der Waals surface area contributed by atoms with Crippen LogP contribution in [0.25, 0.3) is 0 Å². The summed E-state index contributed by atoms with van der Waals surface area (Å²) in [6.07, 6.45) is 9.61. The van der Waals surface area contributed by atoms with Crippen molar-refractivity contribution < 1.29 is 19.1 Å². The smallest absolute Gasteiger partial charge is 0.269 e. The third-order valence-electron chi connectivity index (χ3n) is 8.12. The molecule has 2 N–H and O–H groups in total. The van der Waals surface area contributed by atoms with E-state index in [1.807, 2.05) is 42.5 Å². The number of rotatable bonds is 15. The number of nitro groups is 1. The first-order valence-electron chi connectivity index (χ1n) is 15.5. The van der Waals surface area contributed by atoms with Gasteiger partial charge in [0.05, 0.1) is 32.3 Å². The van der Waals surface area contributed by atoms with Crippen molar-refractivity contribution in [3.05, 3.63) is 87.7 Å². The van der Waals surface area contributed by atoms with Crippen LogP contribution in [0.15, 0.2) is 65.8 Å². The summed E-state index contributed by atoms with van der Waals surface area (Å²) in [6, 6.07) is 17.0. The Labute approximate surface area is 276 Å². The molecule has 0 saturated heterocycles. The molecule has 2 aromatic carbocycles. The first kappa shape index (κ1) is 35.6. The number of methoxy groups -OCH3 is 2. The first-order chi connectivity index (χ1) is 21.5. The van der Waals surface area contributed by atoms with Crippen molar-refractivity contribution in [3.63, 3.8) is 0 Å². The number of hydrogen-bond donors (Lipinski definition) is 2. The predicted octanol–water partition coefficient (Wildman–Crippen LogP) is 6.60. The Hall–Kier alpha value is -3.86. The highest BCUT2D eigenvalue weighted by molar-refractivity contribution is 8.93. The van der Waals surface area contributed by atoms with Gasteiger partial charge < -0.3 is 24.8 Å². The summed E-state index contributed by atoms with van der Waals surface area (Å²) in [5, 5.41) is 18.3. The molecule has 0 aliphatic heterocycles. The molecule has 0 spiro atoms. The van der Waals surface area contributed by atoms with Crippen LogP contribution in [0.2, 0.25) is 0 Å². The average molecular weight is 685 g/mol. The van der Waals surface area contributed by atoms with Gasteiger partial charge in [0.15, 0.2) is 17.5 Å². The van der Waals surface area contributed by atoms with E-state index in [2.05, 4.69) is 22.5 Å². The number of hydrogen-bond acceptors (Lipinski definition) is 7. The van der Waals surface area contributed by atoms with E-state index < -0.39 is 0 Å². The van der Waals surface area contributed by atoms with Crippen molar-refractivity contribution in [2.75, 3.05) is 40.5 Å². The molecule has 0 atom stereocenters. The van der Waals surface area contributed by atoms with E-state index in [0.29, 0.717) is 43.5 Å². The van der Waals surface area contributed by atoms with Gasteiger partial charge in [0.25, 0.3) is 5.69 Å². The van der Waals surface area contributed by atoms with Crippen molar-refractivity contribution in [1.82, 2.24) is 15.6 Å². The molecule has 0 bridgehead atoms. The van der Waals surface area contributed by atoms with Crippen LogP contribution in [0.1, 0.15) is 62.3 Å². The Balaban J connectivity index is 0.00000552. The van der Waals surface area contributed by atoms with Crippen LogP contribution >= 0.6 is 17.0 Å². The summed E-state index contributed by atoms with van der Waals surface area (Å²) in [5.74, 6) is 2.65. The molecule has 4 rings (SSSR count). The lowest BCUT2D eigenvalue weighted by Crippen LogP contribution is -2.41. The molecule has 0 amide bonds. The van der Waals surface area contributed by atoms with E-state index in [4.69, 9.17) is 19.2 Å². The molecule has 1 fully saturated rings. The minimum Gasteiger partial charge on any atom is -0.493 e. The number of nitrogens with zero attached hydrogens (tertiary/aromatic N) is 3. The first-order valence-corrected chi connectivity index (χ1v) is 15.5. The zero-order valence-corrected chi connectivity index (χ0v) is 28.3. The fourth-order valence-corrected chi connectivity index (χ4v) is 5.71. The molecule has 1 aromatic heterocycles. The minimum absolute atomic E-state index is 0. The highest BCUT2D eigenvalue weighted by atomic mass is 79.9. The quantitative estimate of drug-likeness (QED) is 0.0796. The van der Waals surface area contributed by atoms with Crippen LogP contribution in [0.3, 0.4) is 0 Å². The van der Waals surface area contributed by atoms with E-state index in [0.717, 1.165) is 67.7 Å². The van der Waals surface area contributed by atoms with Gasteiger partial charge in [0.1, 0.15) is 0 Å². The Morgan fingerprint density at radius 1 is 0.978 bits per heavy atom. The number of benzene rings is 2. The Kier molecular flexibility index (Phi) is 14.4. The van der Waals surface area contributed by atoms with Crippen LogP contribution in [0.4, 0.5) is 5.69 Å². The molecule has 1 aliphatic carbocycles. The molecule has 3 aromatic rings. The summed E-state index contributed by atoms with van der Waals surface area (Å²) in [4.78, 5) is 20.5. The number of ether oxygens (including phenoxy) is 3. The van der Waals surface area contributed by atoms with E-state index in [1.165, 1.54) is 6.42 Å². The normalized spacial score (nSPS) is 14.2. The fraction of sp³-hybridized carbons (Fsp3) is 0.471. The number of nitro benzene ring substituents is 1. The van der Waals surface area contributed by atoms with Crippen molar-refractivity contribution >= 4 is 28.6 Å². The number of aliphatic imine (C=N–C) groups is 1. The molecule has 1 aliphatic rings. The maximum absolute atomic E-state index is 11.3. The number of guanidine groups is 1. The van der Waals surface area contributed by atoms with Crippen LogP contribution in [0, 0.1) is 10.1 Å². The van der Waals surface area contributed by atoms with Gasteiger partial charge in [-0.2, -0.15) is 0 Å². The van der Waals surface area contributed by atoms with Gasteiger partial charge in [-0.3, -0.25) is 20.1 Å². The lowest BCUT2D eigenvalue weighted by Gasteiger charge is -2.37. The molecular formula is C34H46BrN5O5. The fourth-order valence-electron chi connectivity index (χ4n) is 5.71. The Morgan fingerprint density at radius 2 is 1.64 bits per heavy atom. The van der Waals surface area contributed by atoms with Crippen molar-refractivity contribution in [3.8, 4) is 17.2 Å². The lowest BCUT2D eigenvalue weighted by atomic mass is 9.69. The Bertz CT molecular complexity index is 1340. The van der Waals surface area contributed by atoms with Crippen molar-refractivity contribution in [2.24, 2.45) is 4.99 Å². The molecule has 1 saturated carbocycles. The molecule has 10 nitrogen and oxygen atoms in total.